The maximum atomic E-state index is 5.63. The van der Waals surface area contributed by atoms with Gasteiger partial charge < -0.3 is 19.9 Å². The first-order chi connectivity index (χ1) is 11.6. The van der Waals surface area contributed by atoms with Crippen molar-refractivity contribution in [3.05, 3.63) is 42.0 Å². The normalized spacial score (nSPS) is 11.9. The van der Waals surface area contributed by atoms with Crippen molar-refractivity contribution in [2.75, 3.05) is 27.9 Å². The molecule has 0 saturated heterocycles. The predicted molar refractivity (Wildman–Crippen MR) is 98.1 cm³/mol. The zero-order chi connectivity index (χ0) is 17.5. The molecule has 1 atom stereocenters. The van der Waals surface area contributed by atoms with E-state index < -0.39 is 0 Å². The van der Waals surface area contributed by atoms with Crippen molar-refractivity contribution in [1.82, 2.24) is 0 Å². The fraction of sp³-hybridized carbons (Fsp3) is 0.400. The summed E-state index contributed by atoms with van der Waals surface area (Å²) in [5.41, 5.74) is 9.02. The van der Waals surface area contributed by atoms with Crippen LogP contribution in [0.3, 0.4) is 0 Å². The van der Waals surface area contributed by atoms with E-state index in [9.17, 15) is 0 Å². The molecular formula is C20H27NO3. The molecule has 4 nitrogen and oxygen atoms in total. The first kappa shape index (κ1) is 18.1. The zero-order valence-corrected chi connectivity index (χ0v) is 15.0. The molecule has 2 aromatic carbocycles. The number of ether oxygens (including phenoxy) is 3. The molecule has 0 spiro atoms. The smallest absolute Gasteiger partial charge is 0.203 e. The van der Waals surface area contributed by atoms with Crippen molar-refractivity contribution >= 4 is 0 Å². The second kappa shape index (κ2) is 8.60. The summed E-state index contributed by atoms with van der Waals surface area (Å²) in [5, 5.41) is 0. The summed E-state index contributed by atoms with van der Waals surface area (Å²) in [6, 6.07) is 12.5. The molecule has 0 saturated carbocycles. The van der Waals surface area contributed by atoms with Gasteiger partial charge >= 0.3 is 0 Å². The van der Waals surface area contributed by atoms with Gasteiger partial charge in [0.2, 0.25) is 5.75 Å². The average molecular weight is 329 g/mol. The second-order valence-corrected chi connectivity index (χ2v) is 5.97. The van der Waals surface area contributed by atoms with Crippen LogP contribution in [0.4, 0.5) is 0 Å². The minimum atomic E-state index is 0.594. The van der Waals surface area contributed by atoms with Crippen molar-refractivity contribution in [3.63, 3.8) is 0 Å². The molecule has 4 heteroatoms. The predicted octanol–water partition coefficient (Wildman–Crippen LogP) is 3.91. The third-order valence-electron chi connectivity index (χ3n) is 4.21. The lowest BCUT2D eigenvalue weighted by molar-refractivity contribution is 0.325. The maximum absolute atomic E-state index is 5.63. The van der Waals surface area contributed by atoms with Gasteiger partial charge in [0, 0.05) is 5.56 Å². The van der Waals surface area contributed by atoms with E-state index in [4.69, 9.17) is 19.9 Å². The van der Waals surface area contributed by atoms with Crippen LogP contribution in [-0.2, 0) is 6.42 Å². The highest BCUT2D eigenvalue weighted by Crippen LogP contribution is 2.44. The van der Waals surface area contributed by atoms with Gasteiger partial charge in [0.15, 0.2) is 11.5 Å². The molecule has 0 aromatic heterocycles. The zero-order valence-electron chi connectivity index (χ0n) is 15.0. The molecule has 0 radical (unpaired) electrons. The number of nitrogens with two attached hydrogens (primary N) is 1. The summed E-state index contributed by atoms with van der Waals surface area (Å²) in [5.74, 6) is 2.54. The Morgan fingerprint density at radius 2 is 1.54 bits per heavy atom. The van der Waals surface area contributed by atoms with Gasteiger partial charge in [-0.3, -0.25) is 0 Å². The van der Waals surface area contributed by atoms with Gasteiger partial charge in [-0.05, 0) is 48.6 Å². The maximum Gasteiger partial charge on any atom is 0.203 e. The van der Waals surface area contributed by atoms with Gasteiger partial charge in [0.05, 0.1) is 21.3 Å². The number of methoxy groups -OCH3 is 3. The van der Waals surface area contributed by atoms with E-state index in [1.807, 2.05) is 12.1 Å². The van der Waals surface area contributed by atoms with E-state index in [1.54, 1.807) is 21.3 Å². The van der Waals surface area contributed by atoms with Crippen LogP contribution in [-0.4, -0.2) is 27.9 Å². The molecule has 0 aliphatic rings. The van der Waals surface area contributed by atoms with E-state index in [-0.39, 0.29) is 0 Å². The molecule has 1 unspecified atom stereocenters. The van der Waals surface area contributed by atoms with Gasteiger partial charge in [0.1, 0.15) is 0 Å². The molecular weight excluding hydrogens is 302 g/mol. The lowest BCUT2D eigenvalue weighted by Crippen LogP contribution is -2.07. The fourth-order valence-corrected chi connectivity index (χ4v) is 2.94. The van der Waals surface area contributed by atoms with Crippen molar-refractivity contribution in [2.45, 2.75) is 19.8 Å². The van der Waals surface area contributed by atoms with Gasteiger partial charge in [0.25, 0.3) is 0 Å². The summed E-state index contributed by atoms with van der Waals surface area (Å²) in [4.78, 5) is 0. The fourth-order valence-electron chi connectivity index (χ4n) is 2.94. The Morgan fingerprint density at radius 3 is 2.08 bits per heavy atom. The number of hydrogen-bond acceptors (Lipinski definition) is 4. The molecule has 2 rings (SSSR count). The van der Waals surface area contributed by atoms with Crippen molar-refractivity contribution in [1.29, 1.82) is 0 Å². The molecule has 0 bridgehead atoms. The monoisotopic (exact) mass is 329 g/mol. The number of rotatable bonds is 8. The molecule has 0 aliphatic heterocycles. The molecule has 0 amide bonds. The molecule has 0 aliphatic carbocycles. The van der Waals surface area contributed by atoms with Crippen LogP contribution in [0.25, 0.3) is 11.1 Å². The molecule has 130 valence electrons. The minimum Gasteiger partial charge on any atom is -0.493 e. The van der Waals surface area contributed by atoms with E-state index in [0.29, 0.717) is 23.2 Å². The van der Waals surface area contributed by atoms with Crippen LogP contribution >= 0.6 is 0 Å². The largest absolute Gasteiger partial charge is 0.493 e. The van der Waals surface area contributed by atoms with Crippen LogP contribution < -0.4 is 19.9 Å². The quantitative estimate of drug-likeness (QED) is 0.798. The topological polar surface area (TPSA) is 53.7 Å². The summed E-state index contributed by atoms with van der Waals surface area (Å²) in [6.07, 6.45) is 2.09. The standard InChI is InChI=1S/C20H27NO3/c1-14(11-12-21)13-15-5-7-16(8-6-15)17-9-10-18(22-2)20(24-4)19(17)23-3/h5-10,14H,11-13,21H2,1-4H3. The molecule has 0 heterocycles. The Kier molecular flexibility index (Phi) is 6.50. The van der Waals surface area contributed by atoms with Crippen LogP contribution in [0.2, 0.25) is 0 Å². The van der Waals surface area contributed by atoms with E-state index >= 15 is 0 Å². The lowest BCUT2D eigenvalue weighted by atomic mass is 9.96. The van der Waals surface area contributed by atoms with Crippen LogP contribution in [0, 0.1) is 5.92 Å². The van der Waals surface area contributed by atoms with Crippen molar-refractivity contribution < 1.29 is 14.2 Å². The highest BCUT2D eigenvalue weighted by atomic mass is 16.5. The van der Waals surface area contributed by atoms with Gasteiger partial charge in [-0.25, -0.2) is 0 Å². The van der Waals surface area contributed by atoms with Crippen LogP contribution in [0.1, 0.15) is 18.9 Å². The Morgan fingerprint density at radius 1 is 0.875 bits per heavy atom. The summed E-state index contributed by atoms with van der Waals surface area (Å²) >= 11 is 0. The Balaban J connectivity index is 2.31. The van der Waals surface area contributed by atoms with Crippen LogP contribution in [0.15, 0.2) is 36.4 Å². The average Bonchev–Trinajstić information content (AvgIpc) is 2.61. The Labute approximate surface area is 144 Å². The molecule has 24 heavy (non-hydrogen) atoms. The Hall–Kier alpha value is -2.20. The third-order valence-corrected chi connectivity index (χ3v) is 4.21. The molecule has 0 fully saturated rings. The highest BCUT2D eigenvalue weighted by molar-refractivity contribution is 5.76. The third kappa shape index (κ3) is 4.01. The second-order valence-electron chi connectivity index (χ2n) is 5.97. The van der Waals surface area contributed by atoms with E-state index in [0.717, 1.165) is 30.5 Å². The first-order valence-corrected chi connectivity index (χ1v) is 8.22. The van der Waals surface area contributed by atoms with Crippen molar-refractivity contribution in [3.8, 4) is 28.4 Å². The van der Waals surface area contributed by atoms with Gasteiger partial charge in [-0.2, -0.15) is 0 Å². The summed E-state index contributed by atoms with van der Waals surface area (Å²) in [7, 11) is 4.88. The summed E-state index contributed by atoms with van der Waals surface area (Å²) in [6.45, 7) is 2.97. The summed E-state index contributed by atoms with van der Waals surface area (Å²) < 4.78 is 16.4. The minimum absolute atomic E-state index is 0.594. The van der Waals surface area contributed by atoms with Crippen LogP contribution in [0.5, 0.6) is 17.2 Å². The number of benzene rings is 2. The molecule has 2 N–H and O–H groups in total. The van der Waals surface area contributed by atoms with Gasteiger partial charge in [-0.1, -0.05) is 31.2 Å². The molecule has 2 aromatic rings. The lowest BCUT2D eigenvalue weighted by Gasteiger charge is -2.16. The van der Waals surface area contributed by atoms with E-state index in [2.05, 4.69) is 31.2 Å². The van der Waals surface area contributed by atoms with Crippen molar-refractivity contribution in [2.24, 2.45) is 11.7 Å². The SMILES string of the molecule is COc1ccc(-c2ccc(CC(C)CCN)cc2)c(OC)c1OC. The van der Waals surface area contributed by atoms with E-state index in [1.165, 1.54) is 5.56 Å². The first-order valence-electron chi connectivity index (χ1n) is 8.22. The van der Waals surface area contributed by atoms with Gasteiger partial charge in [-0.15, -0.1) is 0 Å². The number of hydrogen-bond donors (Lipinski definition) is 1. The highest BCUT2D eigenvalue weighted by Gasteiger charge is 2.17. The Bertz CT molecular complexity index is 653.